The van der Waals surface area contributed by atoms with Gasteiger partial charge in [-0.3, -0.25) is 0 Å². The Morgan fingerprint density at radius 3 is 2.80 bits per heavy atom. The Morgan fingerprint density at radius 1 is 1.60 bits per heavy atom. The Labute approximate surface area is 62.6 Å². The van der Waals surface area contributed by atoms with E-state index in [1.54, 1.807) is 0 Å². The molecule has 0 aromatic rings. The van der Waals surface area contributed by atoms with Crippen LogP contribution in [0.2, 0.25) is 0 Å². The molecule has 0 aromatic heterocycles. The van der Waals surface area contributed by atoms with Gasteiger partial charge in [0.2, 0.25) is 0 Å². The van der Waals surface area contributed by atoms with Gasteiger partial charge in [-0.25, -0.2) is 0 Å². The quantitative estimate of drug-likeness (QED) is 0.451. The van der Waals surface area contributed by atoms with Gasteiger partial charge in [0.15, 0.2) is 0 Å². The Hall–Kier alpha value is -0.120. The lowest BCUT2D eigenvalue weighted by molar-refractivity contribution is 0.161. The van der Waals surface area contributed by atoms with Crippen LogP contribution in [0.4, 0.5) is 0 Å². The SMILES string of the molecule is CCCC(O)CNCCN. The molecule has 0 aliphatic heterocycles. The Morgan fingerprint density at radius 2 is 2.30 bits per heavy atom. The molecule has 0 rings (SSSR count). The minimum absolute atomic E-state index is 0.198. The lowest BCUT2D eigenvalue weighted by Crippen LogP contribution is -2.30. The van der Waals surface area contributed by atoms with E-state index >= 15 is 0 Å². The highest BCUT2D eigenvalue weighted by atomic mass is 16.3. The molecule has 1 atom stereocenters. The van der Waals surface area contributed by atoms with Crippen LogP contribution in [0.5, 0.6) is 0 Å². The third-order valence-corrected chi connectivity index (χ3v) is 1.32. The molecule has 0 saturated heterocycles. The average molecular weight is 146 g/mol. The molecule has 0 amide bonds. The van der Waals surface area contributed by atoms with E-state index in [2.05, 4.69) is 12.2 Å². The van der Waals surface area contributed by atoms with Crippen molar-refractivity contribution in [3.8, 4) is 0 Å². The summed E-state index contributed by atoms with van der Waals surface area (Å²) >= 11 is 0. The number of hydrogen-bond donors (Lipinski definition) is 3. The molecule has 10 heavy (non-hydrogen) atoms. The maximum Gasteiger partial charge on any atom is 0.0664 e. The number of nitrogens with one attached hydrogen (secondary N) is 1. The van der Waals surface area contributed by atoms with Crippen molar-refractivity contribution in [3.63, 3.8) is 0 Å². The molecular weight excluding hydrogens is 128 g/mol. The van der Waals surface area contributed by atoms with Crippen molar-refractivity contribution in [2.24, 2.45) is 5.73 Å². The fourth-order valence-electron chi connectivity index (χ4n) is 0.806. The van der Waals surface area contributed by atoms with Crippen LogP contribution < -0.4 is 11.1 Å². The van der Waals surface area contributed by atoms with Crippen LogP contribution in [-0.4, -0.2) is 30.8 Å². The van der Waals surface area contributed by atoms with E-state index in [9.17, 15) is 5.11 Å². The second-order valence-electron chi connectivity index (χ2n) is 2.44. The first kappa shape index (κ1) is 9.88. The van der Waals surface area contributed by atoms with Crippen molar-refractivity contribution in [1.82, 2.24) is 5.32 Å². The summed E-state index contributed by atoms with van der Waals surface area (Å²) in [6.45, 7) is 4.16. The third kappa shape index (κ3) is 6.01. The van der Waals surface area contributed by atoms with Crippen LogP contribution in [-0.2, 0) is 0 Å². The number of aliphatic hydroxyl groups excluding tert-OH is 1. The fraction of sp³-hybridized carbons (Fsp3) is 1.00. The summed E-state index contributed by atoms with van der Waals surface area (Å²) in [5.41, 5.74) is 5.24. The standard InChI is InChI=1S/C7H18N2O/c1-2-3-7(10)6-9-5-4-8/h7,9-10H,2-6,8H2,1H3. The smallest absolute Gasteiger partial charge is 0.0664 e. The van der Waals surface area contributed by atoms with Gasteiger partial charge in [-0.1, -0.05) is 13.3 Å². The highest BCUT2D eigenvalue weighted by Gasteiger charge is 1.99. The molecule has 0 bridgehead atoms. The molecule has 0 fully saturated rings. The van der Waals surface area contributed by atoms with Gasteiger partial charge in [0, 0.05) is 19.6 Å². The second-order valence-corrected chi connectivity index (χ2v) is 2.44. The Balaban J connectivity index is 2.97. The zero-order chi connectivity index (χ0) is 7.82. The topological polar surface area (TPSA) is 58.3 Å². The van der Waals surface area contributed by atoms with Gasteiger partial charge in [-0.2, -0.15) is 0 Å². The minimum Gasteiger partial charge on any atom is -0.392 e. The first-order valence-electron chi connectivity index (χ1n) is 3.90. The minimum atomic E-state index is -0.198. The first-order valence-corrected chi connectivity index (χ1v) is 3.90. The van der Waals surface area contributed by atoms with Crippen LogP contribution in [0.1, 0.15) is 19.8 Å². The Kier molecular flexibility index (Phi) is 6.91. The van der Waals surface area contributed by atoms with Crippen molar-refractivity contribution in [3.05, 3.63) is 0 Å². The van der Waals surface area contributed by atoms with Gasteiger partial charge >= 0.3 is 0 Å². The molecule has 0 radical (unpaired) electrons. The molecule has 3 heteroatoms. The van der Waals surface area contributed by atoms with Gasteiger partial charge in [-0.05, 0) is 6.42 Å². The summed E-state index contributed by atoms with van der Waals surface area (Å²) in [7, 11) is 0. The third-order valence-electron chi connectivity index (χ3n) is 1.32. The number of rotatable bonds is 6. The molecule has 0 saturated carbocycles. The Bertz CT molecular complexity index is 68.6. The number of nitrogens with two attached hydrogens (primary N) is 1. The number of hydrogen-bond acceptors (Lipinski definition) is 3. The van der Waals surface area contributed by atoms with E-state index < -0.39 is 0 Å². The summed E-state index contributed by atoms with van der Waals surface area (Å²) in [6.07, 6.45) is 1.71. The molecule has 0 aliphatic rings. The first-order chi connectivity index (χ1) is 4.81. The van der Waals surface area contributed by atoms with Gasteiger partial charge < -0.3 is 16.2 Å². The molecule has 0 spiro atoms. The summed E-state index contributed by atoms with van der Waals surface area (Å²) in [4.78, 5) is 0. The predicted octanol–water partition coefficient (Wildman–Crippen LogP) is -0.304. The maximum atomic E-state index is 9.17. The van der Waals surface area contributed by atoms with Crippen LogP contribution in [0.3, 0.4) is 0 Å². The lowest BCUT2D eigenvalue weighted by Gasteiger charge is -2.08. The van der Waals surface area contributed by atoms with E-state index in [1.807, 2.05) is 0 Å². The maximum absolute atomic E-state index is 9.17. The summed E-state index contributed by atoms with van der Waals surface area (Å²) in [5, 5.41) is 12.2. The fourth-order valence-corrected chi connectivity index (χ4v) is 0.806. The normalized spacial score (nSPS) is 13.5. The van der Waals surface area contributed by atoms with Crippen molar-refractivity contribution >= 4 is 0 Å². The second kappa shape index (κ2) is 6.99. The van der Waals surface area contributed by atoms with E-state index in [4.69, 9.17) is 5.73 Å². The molecule has 1 unspecified atom stereocenters. The zero-order valence-electron chi connectivity index (χ0n) is 6.64. The molecule has 4 N–H and O–H groups in total. The summed E-state index contributed by atoms with van der Waals surface area (Å²) in [5.74, 6) is 0. The van der Waals surface area contributed by atoms with Gasteiger partial charge in [0.05, 0.1) is 6.10 Å². The molecular formula is C7H18N2O. The zero-order valence-corrected chi connectivity index (χ0v) is 6.64. The van der Waals surface area contributed by atoms with Gasteiger partial charge in [-0.15, -0.1) is 0 Å². The largest absolute Gasteiger partial charge is 0.392 e. The van der Waals surface area contributed by atoms with E-state index in [0.717, 1.165) is 19.4 Å². The van der Waals surface area contributed by atoms with E-state index in [1.165, 1.54) is 0 Å². The molecule has 0 aliphatic carbocycles. The molecule has 0 heterocycles. The lowest BCUT2D eigenvalue weighted by atomic mass is 10.2. The molecule has 0 aromatic carbocycles. The number of aliphatic hydroxyl groups is 1. The predicted molar refractivity (Wildman–Crippen MR) is 42.8 cm³/mol. The van der Waals surface area contributed by atoms with Crippen molar-refractivity contribution in [2.75, 3.05) is 19.6 Å². The van der Waals surface area contributed by atoms with E-state index in [-0.39, 0.29) is 6.10 Å². The monoisotopic (exact) mass is 146 g/mol. The van der Waals surface area contributed by atoms with Crippen molar-refractivity contribution < 1.29 is 5.11 Å². The highest BCUT2D eigenvalue weighted by Crippen LogP contribution is 1.92. The summed E-state index contributed by atoms with van der Waals surface area (Å²) in [6, 6.07) is 0. The van der Waals surface area contributed by atoms with Gasteiger partial charge in [0.25, 0.3) is 0 Å². The van der Waals surface area contributed by atoms with Crippen molar-refractivity contribution in [1.29, 1.82) is 0 Å². The summed E-state index contributed by atoms with van der Waals surface area (Å²) < 4.78 is 0. The average Bonchev–Trinajstić information content (AvgIpc) is 1.89. The molecule has 3 nitrogen and oxygen atoms in total. The van der Waals surface area contributed by atoms with Gasteiger partial charge in [0.1, 0.15) is 0 Å². The van der Waals surface area contributed by atoms with Crippen LogP contribution in [0, 0.1) is 0 Å². The highest BCUT2D eigenvalue weighted by molar-refractivity contribution is 4.57. The van der Waals surface area contributed by atoms with Crippen LogP contribution in [0.15, 0.2) is 0 Å². The molecule has 62 valence electrons. The van der Waals surface area contributed by atoms with Crippen LogP contribution in [0.25, 0.3) is 0 Å². The van der Waals surface area contributed by atoms with E-state index in [0.29, 0.717) is 13.1 Å². The van der Waals surface area contributed by atoms with Crippen LogP contribution >= 0.6 is 0 Å². The van der Waals surface area contributed by atoms with Crippen molar-refractivity contribution in [2.45, 2.75) is 25.9 Å².